The average Bonchev–Trinajstić information content (AvgIpc) is 3.30. The largest absolute Gasteiger partial charge is 0.475 e. The quantitative estimate of drug-likeness (QED) is 0.877. The van der Waals surface area contributed by atoms with E-state index in [1.54, 1.807) is 0 Å². The van der Waals surface area contributed by atoms with E-state index < -0.39 is 0 Å². The molecule has 3 rings (SSSR count). The Kier molecular flexibility index (Phi) is 4.99. The molecule has 0 aromatic carbocycles. The molecule has 4 nitrogen and oxygen atoms in total. The standard InChI is InChI=1S/C16H24ClN3O/c1-20-7-3-2-4-14(20)11-21-16-15(17)8-12(10-19-16)9-18-13-5-6-13/h8,10,13-14,18H,2-7,9,11H2,1H3. The van der Waals surface area contributed by atoms with Crippen molar-refractivity contribution >= 4 is 11.6 Å². The minimum atomic E-state index is 0.479. The van der Waals surface area contributed by atoms with Crippen LogP contribution in [0.5, 0.6) is 5.88 Å². The maximum atomic E-state index is 6.29. The second kappa shape index (κ2) is 6.95. The van der Waals surface area contributed by atoms with Gasteiger partial charge in [-0.1, -0.05) is 18.0 Å². The van der Waals surface area contributed by atoms with E-state index in [1.807, 2.05) is 12.3 Å². The van der Waals surface area contributed by atoms with Gasteiger partial charge >= 0.3 is 0 Å². The molecule has 1 aliphatic heterocycles. The van der Waals surface area contributed by atoms with Crippen LogP contribution in [0.3, 0.4) is 0 Å². The topological polar surface area (TPSA) is 37.4 Å². The number of rotatable bonds is 6. The van der Waals surface area contributed by atoms with Gasteiger partial charge in [0.2, 0.25) is 5.88 Å². The van der Waals surface area contributed by atoms with Crippen molar-refractivity contribution in [2.45, 2.75) is 50.7 Å². The summed E-state index contributed by atoms with van der Waals surface area (Å²) in [5.74, 6) is 0.561. The van der Waals surface area contributed by atoms with Crippen LogP contribution in [-0.2, 0) is 6.54 Å². The van der Waals surface area contributed by atoms with Gasteiger partial charge in [0.25, 0.3) is 0 Å². The number of piperidine rings is 1. The summed E-state index contributed by atoms with van der Waals surface area (Å²) in [4.78, 5) is 6.74. The summed E-state index contributed by atoms with van der Waals surface area (Å²) in [6, 6.07) is 3.14. The number of pyridine rings is 1. The fourth-order valence-corrected chi connectivity index (χ4v) is 2.99. The Morgan fingerprint density at radius 2 is 2.24 bits per heavy atom. The molecule has 1 aromatic rings. The van der Waals surface area contributed by atoms with Crippen molar-refractivity contribution in [3.8, 4) is 5.88 Å². The Morgan fingerprint density at radius 3 is 2.95 bits per heavy atom. The maximum absolute atomic E-state index is 6.29. The van der Waals surface area contributed by atoms with Crippen molar-refractivity contribution in [1.82, 2.24) is 15.2 Å². The number of halogens is 1. The van der Waals surface area contributed by atoms with Gasteiger partial charge in [-0.3, -0.25) is 0 Å². The van der Waals surface area contributed by atoms with Crippen molar-refractivity contribution in [2.75, 3.05) is 20.2 Å². The fourth-order valence-electron chi connectivity index (χ4n) is 2.75. The molecule has 2 aliphatic rings. The first kappa shape index (κ1) is 15.1. The third kappa shape index (κ3) is 4.31. The third-order valence-electron chi connectivity index (χ3n) is 4.37. The predicted molar refractivity (Wildman–Crippen MR) is 84.9 cm³/mol. The minimum Gasteiger partial charge on any atom is -0.475 e. The van der Waals surface area contributed by atoms with Crippen molar-refractivity contribution in [3.63, 3.8) is 0 Å². The molecule has 5 heteroatoms. The van der Waals surface area contributed by atoms with Gasteiger partial charge in [0.15, 0.2) is 0 Å². The van der Waals surface area contributed by atoms with Crippen molar-refractivity contribution < 1.29 is 4.74 Å². The first-order chi connectivity index (χ1) is 10.2. The number of hydrogen-bond acceptors (Lipinski definition) is 4. The van der Waals surface area contributed by atoms with E-state index in [2.05, 4.69) is 22.2 Å². The summed E-state index contributed by atoms with van der Waals surface area (Å²) < 4.78 is 5.83. The Bertz CT molecular complexity index is 479. The van der Waals surface area contributed by atoms with Crippen molar-refractivity contribution in [2.24, 2.45) is 0 Å². The van der Waals surface area contributed by atoms with Crippen LogP contribution in [0.15, 0.2) is 12.3 Å². The predicted octanol–water partition coefficient (Wildman–Crippen LogP) is 2.85. The highest BCUT2D eigenvalue weighted by Crippen LogP contribution is 2.25. The highest BCUT2D eigenvalue weighted by Gasteiger charge is 2.21. The molecule has 0 spiro atoms. The zero-order chi connectivity index (χ0) is 14.7. The third-order valence-corrected chi connectivity index (χ3v) is 4.64. The molecule has 1 saturated carbocycles. The second-order valence-corrected chi connectivity index (χ2v) is 6.63. The van der Waals surface area contributed by atoms with E-state index in [-0.39, 0.29) is 0 Å². The van der Waals surface area contributed by atoms with E-state index in [1.165, 1.54) is 32.1 Å². The zero-order valence-corrected chi connectivity index (χ0v) is 13.4. The van der Waals surface area contributed by atoms with Gasteiger partial charge in [0.1, 0.15) is 11.6 Å². The number of likely N-dealkylation sites (tertiary alicyclic amines) is 1. The lowest BCUT2D eigenvalue weighted by Gasteiger charge is -2.32. The van der Waals surface area contributed by atoms with Crippen LogP contribution in [0, 0.1) is 0 Å². The average molecular weight is 310 g/mol. The second-order valence-electron chi connectivity index (χ2n) is 6.23. The molecule has 1 saturated heterocycles. The number of aromatic nitrogens is 1. The molecular weight excluding hydrogens is 286 g/mol. The first-order valence-corrected chi connectivity index (χ1v) is 8.31. The molecule has 21 heavy (non-hydrogen) atoms. The Morgan fingerprint density at radius 1 is 1.38 bits per heavy atom. The normalized spacial score (nSPS) is 23.2. The number of ether oxygens (including phenoxy) is 1. The van der Waals surface area contributed by atoms with E-state index in [0.29, 0.717) is 29.6 Å². The summed E-state index contributed by atoms with van der Waals surface area (Å²) in [7, 11) is 2.16. The minimum absolute atomic E-state index is 0.479. The molecule has 1 aliphatic carbocycles. The van der Waals surface area contributed by atoms with Crippen LogP contribution in [0.25, 0.3) is 0 Å². The summed E-state index contributed by atoms with van der Waals surface area (Å²) >= 11 is 6.29. The zero-order valence-electron chi connectivity index (χ0n) is 12.6. The lowest BCUT2D eigenvalue weighted by atomic mass is 10.0. The van der Waals surface area contributed by atoms with Gasteiger partial charge < -0.3 is 15.0 Å². The van der Waals surface area contributed by atoms with Crippen LogP contribution in [-0.4, -0.2) is 42.2 Å². The summed E-state index contributed by atoms with van der Waals surface area (Å²) in [6.45, 7) is 2.66. The summed E-state index contributed by atoms with van der Waals surface area (Å²) in [5, 5.41) is 4.08. The van der Waals surface area contributed by atoms with Crippen LogP contribution in [0.2, 0.25) is 5.02 Å². The van der Waals surface area contributed by atoms with E-state index in [0.717, 1.165) is 18.7 Å². The van der Waals surface area contributed by atoms with Crippen LogP contribution in [0.1, 0.15) is 37.7 Å². The van der Waals surface area contributed by atoms with E-state index in [4.69, 9.17) is 16.3 Å². The fraction of sp³-hybridized carbons (Fsp3) is 0.688. The molecule has 1 unspecified atom stereocenters. The SMILES string of the molecule is CN1CCCCC1COc1ncc(CNC2CC2)cc1Cl. The smallest absolute Gasteiger partial charge is 0.232 e. The molecule has 2 heterocycles. The molecule has 116 valence electrons. The Balaban J connectivity index is 1.52. The van der Waals surface area contributed by atoms with Crippen molar-refractivity contribution in [1.29, 1.82) is 0 Å². The van der Waals surface area contributed by atoms with Gasteiger partial charge in [-0.15, -0.1) is 0 Å². The number of nitrogens with zero attached hydrogens (tertiary/aromatic N) is 2. The highest BCUT2D eigenvalue weighted by atomic mass is 35.5. The van der Waals surface area contributed by atoms with Gasteiger partial charge in [-0.05, 0) is 50.9 Å². The lowest BCUT2D eigenvalue weighted by molar-refractivity contribution is 0.122. The summed E-state index contributed by atoms with van der Waals surface area (Å²) in [6.07, 6.45) is 8.20. The Hall–Kier alpha value is -0.840. The van der Waals surface area contributed by atoms with Crippen LogP contribution < -0.4 is 10.1 Å². The summed E-state index contributed by atoms with van der Waals surface area (Å²) in [5.41, 5.74) is 1.12. The highest BCUT2D eigenvalue weighted by molar-refractivity contribution is 6.31. The lowest BCUT2D eigenvalue weighted by Crippen LogP contribution is -2.40. The number of hydrogen-bond donors (Lipinski definition) is 1. The van der Waals surface area contributed by atoms with E-state index in [9.17, 15) is 0 Å². The monoisotopic (exact) mass is 309 g/mol. The number of nitrogens with one attached hydrogen (secondary N) is 1. The molecule has 0 bridgehead atoms. The number of likely N-dealkylation sites (N-methyl/N-ethyl adjacent to an activating group) is 1. The van der Waals surface area contributed by atoms with Crippen LogP contribution >= 0.6 is 11.6 Å². The van der Waals surface area contributed by atoms with Gasteiger partial charge in [0, 0.05) is 24.8 Å². The Labute approximate surface area is 131 Å². The molecule has 1 N–H and O–H groups in total. The van der Waals surface area contributed by atoms with E-state index >= 15 is 0 Å². The van der Waals surface area contributed by atoms with Gasteiger partial charge in [0.05, 0.1) is 0 Å². The maximum Gasteiger partial charge on any atom is 0.232 e. The van der Waals surface area contributed by atoms with Crippen molar-refractivity contribution in [3.05, 3.63) is 22.8 Å². The van der Waals surface area contributed by atoms with Gasteiger partial charge in [-0.2, -0.15) is 0 Å². The molecule has 0 amide bonds. The molecule has 1 aromatic heterocycles. The first-order valence-electron chi connectivity index (χ1n) is 7.93. The molecule has 2 fully saturated rings. The molecule has 0 radical (unpaired) electrons. The van der Waals surface area contributed by atoms with Crippen LogP contribution in [0.4, 0.5) is 0 Å². The van der Waals surface area contributed by atoms with Gasteiger partial charge in [-0.25, -0.2) is 4.98 Å². The molecular formula is C16H24ClN3O. The molecule has 1 atom stereocenters.